The molecule has 1 aliphatic heterocycles. The Morgan fingerprint density at radius 2 is 2.12 bits per heavy atom. The number of benzene rings is 1. The van der Waals surface area contributed by atoms with Crippen LogP contribution in [0.1, 0.15) is 11.1 Å². The van der Waals surface area contributed by atoms with Gasteiger partial charge in [-0.15, -0.1) is 0 Å². The first-order chi connectivity index (χ1) is 8.25. The Labute approximate surface area is 105 Å². The van der Waals surface area contributed by atoms with Crippen molar-refractivity contribution in [3.63, 3.8) is 0 Å². The summed E-state index contributed by atoms with van der Waals surface area (Å²) >= 11 is 5.87. The van der Waals surface area contributed by atoms with Crippen LogP contribution in [0.15, 0.2) is 30.5 Å². The molecule has 0 saturated heterocycles. The molecule has 0 aliphatic carbocycles. The smallest absolute Gasteiger partial charge is 0.224 e. The van der Waals surface area contributed by atoms with Gasteiger partial charge >= 0.3 is 0 Å². The first kappa shape index (κ1) is 10.5. The molecule has 2 heterocycles. The van der Waals surface area contributed by atoms with Gasteiger partial charge in [-0.1, -0.05) is 18.2 Å². The minimum absolute atomic E-state index is 0.301. The van der Waals surface area contributed by atoms with Crippen LogP contribution in [-0.2, 0) is 6.42 Å². The molecule has 0 bridgehead atoms. The molecule has 0 spiro atoms. The molecule has 4 heteroatoms. The van der Waals surface area contributed by atoms with Gasteiger partial charge in [0.05, 0.1) is 0 Å². The molecule has 3 nitrogen and oxygen atoms in total. The van der Waals surface area contributed by atoms with Gasteiger partial charge in [0.1, 0.15) is 5.82 Å². The van der Waals surface area contributed by atoms with Gasteiger partial charge < -0.3 is 4.90 Å². The quantitative estimate of drug-likeness (QED) is 0.723. The van der Waals surface area contributed by atoms with Crippen molar-refractivity contribution in [3.8, 4) is 0 Å². The highest BCUT2D eigenvalue weighted by atomic mass is 35.5. The summed E-state index contributed by atoms with van der Waals surface area (Å²) in [7, 11) is 0. The first-order valence-electron chi connectivity index (χ1n) is 5.60. The molecule has 1 aliphatic rings. The van der Waals surface area contributed by atoms with Crippen molar-refractivity contribution in [1.29, 1.82) is 0 Å². The minimum Gasteiger partial charge on any atom is -0.325 e. The van der Waals surface area contributed by atoms with Crippen molar-refractivity contribution >= 4 is 23.1 Å². The van der Waals surface area contributed by atoms with Crippen molar-refractivity contribution < 1.29 is 0 Å². The van der Waals surface area contributed by atoms with Crippen LogP contribution in [0.25, 0.3) is 0 Å². The molecule has 1 aromatic carbocycles. The van der Waals surface area contributed by atoms with E-state index in [1.54, 1.807) is 6.20 Å². The topological polar surface area (TPSA) is 29.0 Å². The number of para-hydroxylation sites is 1. The minimum atomic E-state index is 0.301. The third-order valence-electron chi connectivity index (χ3n) is 3.06. The summed E-state index contributed by atoms with van der Waals surface area (Å²) in [6, 6.07) is 8.41. The maximum Gasteiger partial charge on any atom is 0.224 e. The van der Waals surface area contributed by atoms with Gasteiger partial charge in [-0.3, -0.25) is 0 Å². The van der Waals surface area contributed by atoms with E-state index >= 15 is 0 Å². The number of hydrogen-bond donors (Lipinski definition) is 0. The third kappa shape index (κ3) is 1.76. The first-order valence-corrected chi connectivity index (χ1v) is 5.98. The van der Waals surface area contributed by atoms with E-state index < -0.39 is 0 Å². The average molecular weight is 246 g/mol. The third-order valence-corrected chi connectivity index (χ3v) is 3.24. The van der Waals surface area contributed by atoms with Gasteiger partial charge in [0.15, 0.2) is 0 Å². The number of halogens is 1. The second kappa shape index (κ2) is 4.00. The molecule has 0 saturated carbocycles. The molecule has 3 rings (SSSR count). The van der Waals surface area contributed by atoms with Crippen LogP contribution < -0.4 is 4.90 Å². The van der Waals surface area contributed by atoms with Gasteiger partial charge in [-0.2, -0.15) is 4.98 Å². The van der Waals surface area contributed by atoms with E-state index in [-0.39, 0.29) is 0 Å². The van der Waals surface area contributed by atoms with Crippen LogP contribution in [0, 0.1) is 6.92 Å². The molecule has 0 unspecified atom stereocenters. The normalized spacial score (nSPS) is 13.9. The van der Waals surface area contributed by atoms with Crippen molar-refractivity contribution in [3.05, 3.63) is 46.9 Å². The fraction of sp³-hybridized carbons (Fsp3) is 0.231. The fourth-order valence-corrected chi connectivity index (χ4v) is 2.37. The Kier molecular flexibility index (Phi) is 2.48. The number of nitrogens with zero attached hydrogens (tertiary/aromatic N) is 3. The lowest BCUT2D eigenvalue weighted by Crippen LogP contribution is -2.16. The number of anilines is 2. The molecule has 17 heavy (non-hydrogen) atoms. The van der Waals surface area contributed by atoms with Gasteiger partial charge in [0.25, 0.3) is 0 Å². The van der Waals surface area contributed by atoms with Gasteiger partial charge in [0, 0.05) is 24.0 Å². The average Bonchev–Trinajstić information content (AvgIpc) is 2.76. The van der Waals surface area contributed by atoms with Crippen LogP contribution in [0.2, 0.25) is 5.28 Å². The molecule has 0 fully saturated rings. The molecule has 0 amide bonds. The molecule has 2 aromatic rings. The largest absolute Gasteiger partial charge is 0.325 e. The Morgan fingerprint density at radius 1 is 1.29 bits per heavy atom. The second-order valence-electron chi connectivity index (χ2n) is 4.18. The predicted octanol–water partition coefficient (Wildman–Crippen LogP) is 3.13. The standard InChI is InChI=1S/C13H12ClN3/c1-9-8-15-13(14)16-12(9)17-7-6-10-4-2-3-5-11(10)17/h2-5,8H,6-7H2,1H3. The molecular weight excluding hydrogens is 234 g/mol. The molecule has 86 valence electrons. The number of fused-ring (bicyclic) bond motifs is 1. The SMILES string of the molecule is Cc1cnc(Cl)nc1N1CCc2ccccc21. The molecule has 0 radical (unpaired) electrons. The Hall–Kier alpha value is -1.61. The summed E-state index contributed by atoms with van der Waals surface area (Å²) in [5, 5.41) is 0.301. The van der Waals surface area contributed by atoms with Crippen LogP contribution in [0.3, 0.4) is 0 Å². The van der Waals surface area contributed by atoms with Gasteiger partial charge in [-0.25, -0.2) is 4.98 Å². The zero-order valence-corrected chi connectivity index (χ0v) is 10.3. The fourth-order valence-electron chi connectivity index (χ4n) is 2.24. The zero-order valence-electron chi connectivity index (χ0n) is 9.52. The Bertz CT molecular complexity index is 568. The number of hydrogen-bond acceptors (Lipinski definition) is 3. The highest BCUT2D eigenvalue weighted by molar-refractivity contribution is 6.28. The summed E-state index contributed by atoms with van der Waals surface area (Å²) in [6.45, 7) is 2.96. The van der Waals surface area contributed by atoms with Crippen molar-refractivity contribution in [2.75, 3.05) is 11.4 Å². The van der Waals surface area contributed by atoms with Crippen molar-refractivity contribution in [2.45, 2.75) is 13.3 Å². The lowest BCUT2D eigenvalue weighted by Gasteiger charge is -2.20. The Balaban J connectivity index is 2.10. The van der Waals surface area contributed by atoms with E-state index in [9.17, 15) is 0 Å². The molecular formula is C13H12ClN3. The van der Waals surface area contributed by atoms with Crippen LogP contribution in [0.4, 0.5) is 11.5 Å². The zero-order chi connectivity index (χ0) is 11.8. The van der Waals surface area contributed by atoms with Crippen molar-refractivity contribution in [2.24, 2.45) is 0 Å². The summed E-state index contributed by atoms with van der Waals surface area (Å²) in [6.07, 6.45) is 2.82. The lowest BCUT2D eigenvalue weighted by atomic mass is 10.2. The summed E-state index contributed by atoms with van der Waals surface area (Å²) < 4.78 is 0. The number of aromatic nitrogens is 2. The van der Waals surface area contributed by atoms with E-state index in [2.05, 4.69) is 39.1 Å². The van der Waals surface area contributed by atoms with E-state index in [1.807, 2.05) is 6.92 Å². The molecule has 1 aromatic heterocycles. The van der Waals surface area contributed by atoms with Crippen LogP contribution in [-0.4, -0.2) is 16.5 Å². The Morgan fingerprint density at radius 3 is 3.00 bits per heavy atom. The van der Waals surface area contributed by atoms with Crippen LogP contribution in [0.5, 0.6) is 0 Å². The maximum absolute atomic E-state index is 5.87. The summed E-state index contributed by atoms with van der Waals surface area (Å²) in [4.78, 5) is 10.5. The van der Waals surface area contributed by atoms with Gasteiger partial charge in [0.2, 0.25) is 5.28 Å². The molecule has 0 N–H and O–H groups in total. The van der Waals surface area contributed by atoms with E-state index in [0.717, 1.165) is 24.3 Å². The number of rotatable bonds is 1. The summed E-state index contributed by atoms with van der Waals surface area (Å²) in [5.41, 5.74) is 3.64. The molecule has 0 atom stereocenters. The highest BCUT2D eigenvalue weighted by Gasteiger charge is 2.22. The van der Waals surface area contributed by atoms with Gasteiger partial charge in [-0.05, 0) is 36.6 Å². The highest BCUT2D eigenvalue weighted by Crippen LogP contribution is 2.34. The summed E-state index contributed by atoms with van der Waals surface area (Å²) in [5.74, 6) is 0.912. The number of aryl methyl sites for hydroxylation is 1. The van der Waals surface area contributed by atoms with E-state index in [1.165, 1.54) is 11.3 Å². The van der Waals surface area contributed by atoms with E-state index in [4.69, 9.17) is 11.6 Å². The van der Waals surface area contributed by atoms with Crippen molar-refractivity contribution in [1.82, 2.24) is 9.97 Å². The second-order valence-corrected chi connectivity index (χ2v) is 4.51. The monoisotopic (exact) mass is 245 g/mol. The van der Waals surface area contributed by atoms with E-state index in [0.29, 0.717) is 5.28 Å². The lowest BCUT2D eigenvalue weighted by molar-refractivity contribution is 0.953. The van der Waals surface area contributed by atoms with Crippen LogP contribution >= 0.6 is 11.6 Å². The predicted molar refractivity (Wildman–Crippen MR) is 68.9 cm³/mol. The maximum atomic E-state index is 5.87.